The monoisotopic (exact) mass is 332 g/mol. The molecule has 0 unspecified atom stereocenters. The van der Waals surface area contributed by atoms with Crippen LogP contribution in [-0.4, -0.2) is 4.92 Å². The first-order chi connectivity index (χ1) is 9.51. The van der Waals surface area contributed by atoms with Gasteiger partial charge in [0.05, 0.1) is 11.0 Å². The largest absolute Gasteiger partial charge is 0.457 e. The van der Waals surface area contributed by atoms with Crippen molar-refractivity contribution in [3.8, 4) is 17.6 Å². The summed E-state index contributed by atoms with van der Waals surface area (Å²) in [5, 5.41) is 19.7. The molecule has 0 aliphatic heterocycles. The number of benzene rings is 2. The molecular weight excluding hydrogens is 324 g/mol. The van der Waals surface area contributed by atoms with Gasteiger partial charge in [0.15, 0.2) is 0 Å². The molecule has 100 valence electrons. The molecule has 6 heteroatoms. The van der Waals surface area contributed by atoms with E-state index in [9.17, 15) is 10.1 Å². The summed E-state index contributed by atoms with van der Waals surface area (Å²) in [4.78, 5) is 10.3. The van der Waals surface area contributed by atoms with Crippen molar-refractivity contribution in [1.82, 2.24) is 0 Å². The molecule has 0 aromatic heterocycles. The first-order valence-corrected chi connectivity index (χ1v) is 6.43. The second-order valence-electron chi connectivity index (χ2n) is 4.06. The third-order valence-electron chi connectivity index (χ3n) is 2.65. The summed E-state index contributed by atoms with van der Waals surface area (Å²) in [6.45, 7) is 1.91. The average molecular weight is 333 g/mol. The molecule has 2 rings (SSSR count). The summed E-state index contributed by atoms with van der Waals surface area (Å²) in [7, 11) is 0. The van der Waals surface area contributed by atoms with E-state index in [1.807, 2.05) is 19.1 Å². The molecule has 0 fully saturated rings. The van der Waals surface area contributed by atoms with Gasteiger partial charge >= 0.3 is 0 Å². The van der Waals surface area contributed by atoms with E-state index < -0.39 is 4.92 Å². The van der Waals surface area contributed by atoms with Crippen LogP contribution >= 0.6 is 15.9 Å². The Morgan fingerprint density at radius 2 is 1.90 bits per heavy atom. The number of nitro groups is 1. The number of ether oxygens (including phenoxy) is 1. The van der Waals surface area contributed by atoms with Crippen LogP contribution < -0.4 is 4.74 Å². The van der Waals surface area contributed by atoms with E-state index >= 15 is 0 Å². The molecule has 0 spiro atoms. The van der Waals surface area contributed by atoms with Crippen LogP contribution in [0.5, 0.6) is 11.5 Å². The second kappa shape index (κ2) is 5.72. The van der Waals surface area contributed by atoms with Crippen LogP contribution in [0, 0.1) is 28.4 Å². The summed E-state index contributed by atoms with van der Waals surface area (Å²) in [5.74, 6) is 0.891. The second-order valence-corrected chi connectivity index (χ2v) is 4.92. The third kappa shape index (κ3) is 2.95. The van der Waals surface area contributed by atoms with E-state index in [-0.39, 0.29) is 11.3 Å². The van der Waals surface area contributed by atoms with E-state index in [0.29, 0.717) is 11.5 Å². The molecule has 2 aromatic carbocycles. The predicted octanol–water partition coefficient (Wildman–Crippen LogP) is 4.33. The highest BCUT2D eigenvalue weighted by molar-refractivity contribution is 9.10. The molecule has 0 radical (unpaired) electrons. The van der Waals surface area contributed by atoms with Crippen molar-refractivity contribution in [1.29, 1.82) is 5.26 Å². The number of nitro benzene ring substituents is 1. The summed E-state index contributed by atoms with van der Waals surface area (Å²) < 4.78 is 6.52. The minimum Gasteiger partial charge on any atom is -0.457 e. The van der Waals surface area contributed by atoms with Crippen molar-refractivity contribution in [3.05, 3.63) is 62.1 Å². The van der Waals surface area contributed by atoms with Crippen molar-refractivity contribution >= 4 is 21.6 Å². The Balaban J connectivity index is 2.34. The quantitative estimate of drug-likeness (QED) is 0.619. The Morgan fingerprint density at radius 3 is 2.50 bits per heavy atom. The summed E-state index contributed by atoms with van der Waals surface area (Å²) >= 11 is 3.38. The van der Waals surface area contributed by atoms with E-state index in [1.54, 1.807) is 12.1 Å². The molecule has 0 saturated heterocycles. The first kappa shape index (κ1) is 14.0. The lowest BCUT2D eigenvalue weighted by Gasteiger charge is -2.07. The number of hydrogen-bond donors (Lipinski definition) is 0. The van der Waals surface area contributed by atoms with Crippen LogP contribution in [-0.2, 0) is 0 Å². The Labute approximate surface area is 123 Å². The van der Waals surface area contributed by atoms with Gasteiger partial charge in [-0.3, -0.25) is 10.1 Å². The van der Waals surface area contributed by atoms with Gasteiger partial charge in [0.2, 0.25) is 0 Å². The average Bonchev–Trinajstić information content (AvgIpc) is 2.43. The number of halogens is 1. The molecule has 0 heterocycles. The smallest absolute Gasteiger partial charge is 0.290 e. The van der Waals surface area contributed by atoms with Crippen LogP contribution in [0.3, 0.4) is 0 Å². The van der Waals surface area contributed by atoms with Crippen LogP contribution in [0.2, 0.25) is 0 Å². The van der Waals surface area contributed by atoms with E-state index in [0.717, 1.165) is 10.0 Å². The highest BCUT2D eigenvalue weighted by Crippen LogP contribution is 2.29. The van der Waals surface area contributed by atoms with E-state index in [1.165, 1.54) is 18.2 Å². The summed E-state index contributed by atoms with van der Waals surface area (Å²) in [6.07, 6.45) is 0. The van der Waals surface area contributed by atoms with Crippen molar-refractivity contribution in [2.75, 3.05) is 0 Å². The molecule has 5 nitrogen and oxygen atoms in total. The predicted molar refractivity (Wildman–Crippen MR) is 76.8 cm³/mol. The first-order valence-electron chi connectivity index (χ1n) is 5.64. The number of nitrogens with zero attached hydrogens (tertiary/aromatic N) is 2. The normalized spacial score (nSPS) is 9.85. The molecule has 20 heavy (non-hydrogen) atoms. The third-order valence-corrected chi connectivity index (χ3v) is 3.54. The zero-order valence-electron chi connectivity index (χ0n) is 10.5. The lowest BCUT2D eigenvalue weighted by molar-refractivity contribution is -0.385. The van der Waals surface area contributed by atoms with Gasteiger partial charge in [-0.25, -0.2) is 0 Å². The minimum absolute atomic E-state index is 0.00865. The van der Waals surface area contributed by atoms with Crippen LogP contribution in [0.1, 0.15) is 11.1 Å². The van der Waals surface area contributed by atoms with Crippen molar-refractivity contribution in [3.63, 3.8) is 0 Å². The number of nitriles is 1. The summed E-state index contributed by atoms with van der Waals surface area (Å²) in [5.41, 5.74) is 0.735. The molecule has 0 bridgehead atoms. The Bertz CT molecular complexity index is 723. The molecule has 0 aliphatic carbocycles. The number of aryl methyl sites for hydroxylation is 1. The fourth-order valence-electron chi connectivity index (χ4n) is 1.64. The van der Waals surface area contributed by atoms with Gasteiger partial charge < -0.3 is 4.74 Å². The molecule has 0 amide bonds. The molecule has 0 atom stereocenters. The minimum atomic E-state index is -0.599. The highest BCUT2D eigenvalue weighted by Gasteiger charge is 2.15. The maximum absolute atomic E-state index is 10.9. The lowest BCUT2D eigenvalue weighted by atomic mass is 10.2. The molecular formula is C14H9BrN2O3. The Kier molecular flexibility index (Phi) is 4.01. The lowest BCUT2D eigenvalue weighted by Crippen LogP contribution is -1.93. The van der Waals surface area contributed by atoms with Gasteiger partial charge in [-0.05, 0) is 42.8 Å². The van der Waals surface area contributed by atoms with Gasteiger partial charge in [0.1, 0.15) is 23.1 Å². The van der Waals surface area contributed by atoms with Gasteiger partial charge in [-0.2, -0.15) is 5.26 Å². The topological polar surface area (TPSA) is 76.2 Å². The van der Waals surface area contributed by atoms with Crippen LogP contribution in [0.15, 0.2) is 40.9 Å². The summed E-state index contributed by atoms with van der Waals surface area (Å²) in [6, 6.07) is 11.3. The zero-order chi connectivity index (χ0) is 14.7. The maximum atomic E-state index is 10.9. The number of rotatable bonds is 3. The van der Waals surface area contributed by atoms with Gasteiger partial charge in [0.25, 0.3) is 5.69 Å². The van der Waals surface area contributed by atoms with Crippen molar-refractivity contribution in [2.45, 2.75) is 6.92 Å². The van der Waals surface area contributed by atoms with Crippen LogP contribution in [0.25, 0.3) is 0 Å². The van der Waals surface area contributed by atoms with Gasteiger partial charge in [-0.1, -0.05) is 15.9 Å². The highest BCUT2D eigenvalue weighted by atomic mass is 79.9. The zero-order valence-corrected chi connectivity index (χ0v) is 12.0. The van der Waals surface area contributed by atoms with Gasteiger partial charge in [-0.15, -0.1) is 0 Å². The van der Waals surface area contributed by atoms with Gasteiger partial charge in [0, 0.05) is 4.47 Å². The standard InChI is InChI=1S/C14H9BrN2O3/c1-9-6-11(4-5-13(9)15)20-12-3-2-10(8-16)14(7-12)17(18)19/h2-7H,1H3. The molecule has 0 aliphatic rings. The van der Waals surface area contributed by atoms with E-state index in [2.05, 4.69) is 15.9 Å². The van der Waals surface area contributed by atoms with Crippen molar-refractivity contribution in [2.24, 2.45) is 0 Å². The Hall–Kier alpha value is -2.39. The SMILES string of the molecule is Cc1cc(Oc2ccc(C#N)c([N+](=O)[O-])c2)ccc1Br. The number of hydrogen-bond acceptors (Lipinski definition) is 4. The Morgan fingerprint density at radius 1 is 1.25 bits per heavy atom. The van der Waals surface area contributed by atoms with Crippen molar-refractivity contribution < 1.29 is 9.66 Å². The molecule has 0 N–H and O–H groups in total. The van der Waals surface area contributed by atoms with Crippen LogP contribution in [0.4, 0.5) is 5.69 Å². The van der Waals surface area contributed by atoms with E-state index in [4.69, 9.17) is 10.00 Å². The fraction of sp³-hybridized carbons (Fsp3) is 0.0714. The fourth-order valence-corrected chi connectivity index (χ4v) is 1.88. The molecule has 2 aromatic rings. The maximum Gasteiger partial charge on any atom is 0.290 e. The molecule has 0 saturated carbocycles.